The van der Waals surface area contributed by atoms with E-state index in [2.05, 4.69) is 26.0 Å². The molecule has 1 rings (SSSR count). The summed E-state index contributed by atoms with van der Waals surface area (Å²) in [5.41, 5.74) is 7.17. The summed E-state index contributed by atoms with van der Waals surface area (Å²) in [6.45, 7) is 5.18. The number of nitrogens with two attached hydrogens (primary N) is 1. The molecule has 0 aliphatic carbocycles. The molecule has 0 aromatic heterocycles. The van der Waals surface area contributed by atoms with Crippen molar-refractivity contribution in [3.05, 3.63) is 29.8 Å². The topological polar surface area (TPSA) is 35.2 Å². The molecule has 0 heterocycles. The maximum absolute atomic E-state index is 5.98. The monoisotopic (exact) mass is 263 g/mol. The summed E-state index contributed by atoms with van der Waals surface area (Å²) in [4.78, 5) is 0. The van der Waals surface area contributed by atoms with Crippen LogP contribution in [0.5, 0.6) is 5.75 Å². The highest BCUT2D eigenvalue weighted by Crippen LogP contribution is 2.18. The lowest BCUT2D eigenvalue weighted by atomic mass is 10.1. The molecule has 0 spiro atoms. The van der Waals surface area contributed by atoms with Crippen LogP contribution in [0.15, 0.2) is 24.3 Å². The van der Waals surface area contributed by atoms with Gasteiger partial charge in [-0.05, 0) is 30.5 Å². The van der Waals surface area contributed by atoms with Gasteiger partial charge in [-0.3, -0.25) is 0 Å². The molecule has 0 amide bonds. The molecule has 0 radical (unpaired) electrons. The van der Waals surface area contributed by atoms with Gasteiger partial charge in [0.25, 0.3) is 0 Å². The Kier molecular flexibility index (Phi) is 8.31. The maximum atomic E-state index is 5.98. The van der Waals surface area contributed by atoms with E-state index < -0.39 is 0 Å². The molecule has 0 bridgehead atoms. The van der Waals surface area contributed by atoms with Crippen LogP contribution in [0.2, 0.25) is 0 Å². The van der Waals surface area contributed by atoms with Crippen molar-refractivity contribution in [1.82, 2.24) is 0 Å². The van der Waals surface area contributed by atoms with E-state index in [1.807, 2.05) is 12.1 Å². The van der Waals surface area contributed by atoms with Gasteiger partial charge < -0.3 is 10.5 Å². The molecule has 19 heavy (non-hydrogen) atoms. The van der Waals surface area contributed by atoms with Gasteiger partial charge in [0.2, 0.25) is 0 Å². The lowest BCUT2D eigenvalue weighted by Crippen LogP contribution is -2.08. The molecule has 1 unspecified atom stereocenters. The van der Waals surface area contributed by atoms with E-state index in [4.69, 9.17) is 10.5 Å². The van der Waals surface area contributed by atoms with Crippen LogP contribution in [0.4, 0.5) is 0 Å². The van der Waals surface area contributed by atoms with Gasteiger partial charge in [-0.1, -0.05) is 58.1 Å². The second kappa shape index (κ2) is 9.85. The molecule has 1 atom stereocenters. The van der Waals surface area contributed by atoms with E-state index in [0.29, 0.717) is 0 Å². The van der Waals surface area contributed by atoms with Crippen molar-refractivity contribution in [2.45, 2.75) is 64.8 Å². The fourth-order valence-electron chi connectivity index (χ4n) is 2.12. The minimum Gasteiger partial charge on any atom is -0.494 e. The van der Waals surface area contributed by atoms with Crippen molar-refractivity contribution >= 4 is 0 Å². The zero-order chi connectivity index (χ0) is 13.9. The highest BCUT2D eigenvalue weighted by Gasteiger charge is 2.02. The Morgan fingerprint density at radius 1 is 0.947 bits per heavy atom. The largest absolute Gasteiger partial charge is 0.494 e. The van der Waals surface area contributed by atoms with Crippen molar-refractivity contribution in [2.24, 2.45) is 5.73 Å². The van der Waals surface area contributed by atoms with E-state index in [9.17, 15) is 0 Å². The molecule has 0 saturated heterocycles. The van der Waals surface area contributed by atoms with Gasteiger partial charge >= 0.3 is 0 Å². The second-order valence-electron chi connectivity index (χ2n) is 5.20. The molecule has 0 aliphatic heterocycles. The van der Waals surface area contributed by atoms with E-state index >= 15 is 0 Å². The summed E-state index contributed by atoms with van der Waals surface area (Å²) in [5.74, 6) is 0.959. The Hall–Kier alpha value is -1.02. The highest BCUT2D eigenvalue weighted by molar-refractivity contribution is 5.28. The smallest absolute Gasteiger partial charge is 0.119 e. The van der Waals surface area contributed by atoms with E-state index in [-0.39, 0.29) is 6.04 Å². The zero-order valence-corrected chi connectivity index (χ0v) is 12.5. The Bertz CT molecular complexity index is 321. The van der Waals surface area contributed by atoms with E-state index in [0.717, 1.165) is 25.2 Å². The molecule has 1 aromatic carbocycles. The molecule has 2 heteroatoms. The Balaban J connectivity index is 2.16. The normalized spacial score (nSPS) is 12.4. The minimum absolute atomic E-state index is 0.146. The third-order valence-corrected chi connectivity index (χ3v) is 3.51. The molecular formula is C17H29NO. The van der Waals surface area contributed by atoms with Gasteiger partial charge in [-0.15, -0.1) is 0 Å². The lowest BCUT2D eigenvalue weighted by Gasteiger charge is -2.10. The van der Waals surface area contributed by atoms with Crippen molar-refractivity contribution < 1.29 is 4.74 Å². The molecule has 0 fully saturated rings. The molecule has 0 aliphatic rings. The van der Waals surface area contributed by atoms with Crippen LogP contribution in [0.25, 0.3) is 0 Å². The van der Waals surface area contributed by atoms with Gasteiger partial charge in [-0.25, -0.2) is 0 Å². The number of ether oxygens (including phenoxy) is 1. The van der Waals surface area contributed by atoms with Crippen molar-refractivity contribution in [3.63, 3.8) is 0 Å². The van der Waals surface area contributed by atoms with Gasteiger partial charge in [0, 0.05) is 6.04 Å². The molecular weight excluding hydrogens is 234 g/mol. The molecule has 2 N–H and O–H groups in total. The van der Waals surface area contributed by atoms with Crippen molar-refractivity contribution in [2.75, 3.05) is 6.61 Å². The summed E-state index contributed by atoms with van der Waals surface area (Å²) in [6, 6.07) is 8.35. The fourth-order valence-corrected chi connectivity index (χ4v) is 2.12. The van der Waals surface area contributed by atoms with E-state index in [1.165, 1.54) is 37.7 Å². The first kappa shape index (κ1) is 16.0. The molecule has 108 valence electrons. The van der Waals surface area contributed by atoms with Crippen LogP contribution in [0.3, 0.4) is 0 Å². The third kappa shape index (κ3) is 6.63. The predicted octanol–water partition coefficient (Wildman–Crippen LogP) is 4.84. The minimum atomic E-state index is 0.146. The molecule has 2 nitrogen and oxygen atoms in total. The van der Waals surface area contributed by atoms with Crippen molar-refractivity contribution in [3.8, 4) is 5.75 Å². The summed E-state index contributed by atoms with van der Waals surface area (Å²) < 4.78 is 5.74. The Morgan fingerprint density at radius 2 is 1.58 bits per heavy atom. The van der Waals surface area contributed by atoms with Crippen LogP contribution in [0, 0.1) is 0 Å². The second-order valence-corrected chi connectivity index (χ2v) is 5.20. The van der Waals surface area contributed by atoms with Crippen LogP contribution < -0.4 is 10.5 Å². The Morgan fingerprint density at radius 3 is 2.21 bits per heavy atom. The zero-order valence-electron chi connectivity index (χ0n) is 12.5. The first-order valence-corrected chi connectivity index (χ1v) is 7.76. The quantitative estimate of drug-likeness (QED) is 0.613. The number of hydrogen-bond acceptors (Lipinski definition) is 2. The van der Waals surface area contributed by atoms with E-state index in [1.54, 1.807) is 0 Å². The SMILES string of the molecule is CCCCCCCCOc1ccc(C(N)CC)cc1. The van der Waals surface area contributed by atoms with Crippen LogP contribution >= 0.6 is 0 Å². The number of unbranched alkanes of at least 4 members (excludes halogenated alkanes) is 5. The third-order valence-electron chi connectivity index (χ3n) is 3.51. The summed E-state index contributed by atoms with van der Waals surface area (Å²) in [7, 11) is 0. The number of rotatable bonds is 10. The molecule has 1 aromatic rings. The van der Waals surface area contributed by atoms with Gasteiger partial charge in [0.15, 0.2) is 0 Å². The Labute approximate surface area is 118 Å². The van der Waals surface area contributed by atoms with Gasteiger partial charge in [0.05, 0.1) is 6.61 Å². The fraction of sp³-hybridized carbons (Fsp3) is 0.647. The van der Waals surface area contributed by atoms with Gasteiger partial charge in [-0.2, -0.15) is 0 Å². The first-order chi connectivity index (χ1) is 9.27. The predicted molar refractivity (Wildman–Crippen MR) is 82.5 cm³/mol. The first-order valence-electron chi connectivity index (χ1n) is 7.76. The van der Waals surface area contributed by atoms with Crippen LogP contribution in [-0.2, 0) is 0 Å². The van der Waals surface area contributed by atoms with Gasteiger partial charge in [0.1, 0.15) is 5.75 Å². The summed E-state index contributed by atoms with van der Waals surface area (Å²) in [6.07, 6.45) is 8.76. The average molecular weight is 263 g/mol. The van der Waals surface area contributed by atoms with Crippen LogP contribution in [-0.4, -0.2) is 6.61 Å². The highest BCUT2D eigenvalue weighted by atomic mass is 16.5. The maximum Gasteiger partial charge on any atom is 0.119 e. The number of hydrogen-bond donors (Lipinski definition) is 1. The van der Waals surface area contributed by atoms with Crippen molar-refractivity contribution in [1.29, 1.82) is 0 Å². The number of benzene rings is 1. The molecule has 0 saturated carbocycles. The summed E-state index contributed by atoms with van der Waals surface area (Å²) >= 11 is 0. The summed E-state index contributed by atoms with van der Waals surface area (Å²) in [5, 5.41) is 0. The van der Waals surface area contributed by atoms with Crippen LogP contribution in [0.1, 0.15) is 70.4 Å². The standard InChI is InChI=1S/C17H29NO/c1-3-5-6-7-8-9-14-19-16-12-10-15(11-13-16)17(18)4-2/h10-13,17H,3-9,14,18H2,1-2H3. The average Bonchev–Trinajstić information content (AvgIpc) is 2.46. The lowest BCUT2D eigenvalue weighted by molar-refractivity contribution is 0.304.